The molecule has 1 fully saturated rings. The third-order valence-corrected chi connectivity index (χ3v) is 2.87. The monoisotopic (exact) mass is 246 g/mol. The zero-order valence-corrected chi connectivity index (χ0v) is 9.80. The van der Waals surface area contributed by atoms with Crippen LogP contribution < -0.4 is 10.9 Å². The Hall–Kier alpha value is -0.870. The molecule has 0 unspecified atom stereocenters. The molecular formula is C11H16ClFN2O. The maximum atomic E-state index is 12.7. The molecule has 0 radical (unpaired) electrons. The van der Waals surface area contributed by atoms with Crippen molar-refractivity contribution < 1.29 is 4.39 Å². The normalized spacial score (nSPS) is 16.8. The van der Waals surface area contributed by atoms with Gasteiger partial charge in [0, 0.05) is 18.8 Å². The standard InChI is InChI=1S/C11H15FN2O.ClH/c12-10-3-6-14(11(15)7-10)8-9-1-4-13-5-2-9;/h3,6-7,9,13H,1-2,4-5,8H2;1H. The van der Waals surface area contributed by atoms with E-state index in [0.717, 1.165) is 32.0 Å². The van der Waals surface area contributed by atoms with Gasteiger partial charge in [-0.3, -0.25) is 4.79 Å². The molecule has 0 aliphatic carbocycles. The van der Waals surface area contributed by atoms with E-state index in [0.29, 0.717) is 12.5 Å². The fourth-order valence-electron chi connectivity index (χ4n) is 1.98. The molecule has 0 aromatic carbocycles. The Bertz CT molecular complexity index is 388. The van der Waals surface area contributed by atoms with Gasteiger partial charge >= 0.3 is 0 Å². The number of piperidine rings is 1. The molecule has 16 heavy (non-hydrogen) atoms. The van der Waals surface area contributed by atoms with Gasteiger partial charge in [-0.2, -0.15) is 0 Å². The van der Waals surface area contributed by atoms with Gasteiger partial charge in [0.05, 0.1) is 0 Å². The lowest BCUT2D eigenvalue weighted by Crippen LogP contribution is -2.32. The molecule has 1 aromatic rings. The third-order valence-electron chi connectivity index (χ3n) is 2.87. The first kappa shape index (κ1) is 13.2. The smallest absolute Gasteiger partial charge is 0.253 e. The largest absolute Gasteiger partial charge is 0.317 e. The molecule has 1 aliphatic heterocycles. The van der Waals surface area contributed by atoms with Crippen molar-refractivity contribution in [1.82, 2.24) is 9.88 Å². The summed E-state index contributed by atoms with van der Waals surface area (Å²) in [6, 6.07) is 2.38. The van der Waals surface area contributed by atoms with Crippen molar-refractivity contribution in [2.75, 3.05) is 13.1 Å². The average molecular weight is 247 g/mol. The van der Waals surface area contributed by atoms with Crippen LogP contribution in [0.2, 0.25) is 0 Å². The van der Waals surface area contributed by atoms with Gasteiger partial charge in [0.2, 0.25) is 0 Å². The number of aromatic nitrogens is 1. The molecule has 2 rings (SSSR count). The maximum Gasteiger partial charge on any atom is 0.253 e. The second-order valence-electron chi connectivity index (χ2n) is 4.03. The Kier molecular flexibility index (Phi) is 4.96. The van der Waals surface area contributed by atoms with Gasteiger partial charge in [-0.25, -0.2) is 4.39 Å². The predicted molar refractivity (Wildman–Crippen MR) is 63.5 cm³/mol. The Labute approximate surface area is 100 Å². The highest BCUT2D eigenvalue weighted by Crippen LogP contribution is 2.13. The van der Waals surface area contributed by atoms with Crippen LogP contribution in [0.4, 0.5) is 4.39 Å². The van der Waals surface area contributed by atoms with Crippen LogP contribution in [0.15, 0.2) is 23.1 Å². The van der Waals surface area contributed by atoms with Crippen molar-refractivity contribution in [2.45, 2.75) is 19.4 Å². The number of nitrogens with one attached hydrogen (secondary N) is 1. The zero-order valence-electron chi connectivity index (χ0n) is 8.99. The van der Waals surface area contributed by atoms with Gasteiger partial charge in [-0.1, -0.05) is 0 Å². The third kappa shape index (κ3) is 3.32. The first-order valence-electron chi connectivity index (χ1n) is 5.32. The summed E-state index contributed by atoms with van der Waals surface area (Å²) in [4.78, 5) is 11.4. The number of nitrogens with zero attached hydrogens (tertiary/aromatic N) is 1. The van der Waals surface area contributed by atoms with Crippen LogP contribution in [0.25, 0.3) is 0 Å². The minimum absolute atomic E-state index is 0. The molecule has 1 N–H and O–H groups in total. The van der Waals surface area contributed by atoms with E-state index in [1.807, 2.05) is 0 Å². The van der Waals surface area contributed by atoms with Crippen LogP contribution in [0.1, 0.15) is 12.8 Å². The van der Waals surface area contributed by atoms with Crippen LogP contribution in [0.3, 0.4) is 0 Å². The minimum Gasteiger partial charge on any atom is -0.317 e. The fraction of sp³-hybridized carbons (Fsp3) is 0.545. The van der Waals surface area contributed by atoms with E-state index >= 15 is 0 Å². The zero-order chi connectivity index (χ0) is 10.7. The molecular weight excluding hydrogens is 231 g/mol. The summed E-state index contributed by atoms with van der Waals surface area (Å²) >= 11 is 0. The number of halogens is 2. The molecule has 1 aliphatic rings. The topological polar surface area (TPSA) is 34.0 Å². The number of hydrogen-bond acceptors (Lipinski definition) is 2. The van der Waals surface area contributed by atoms with E-state index in [-0.39, 0.29) is 18.0 Å². The van der Waals surface area contributed by atoms with Crippen LogP contribution in [0, 0.1) is 11.7 Å². The van der Waals surface area contributed by atoms with E-state index < -0.39 is 5.82 Å². The van der Waals surface area contributed by atoms with Crippen molar-refractivity contribution in [3.63, 3.8) is 0 Å². The Morgan fingerprint density at radius 1 is 1.44 bits per heavy atom. The summed E-state index contributed by atoms with van der Waals surface area (Å²) in [7, 11) is 0. The Balaban J connectivity index is 0.00000128. The fourth-order valence-corrected chi connectivity index (χ4v) is 1.98. The molecule has 0 atom stereocenters. The van der Waals surface area contributed by atoms with E-state index in [9.17, 15) is 9.18 Å². The van der Waals surface area contributed by atoms with E-state index in [2.05, 4.69) is 5.32 Å². The lowest BCUT2D eigenvalue weighted by Gasteiger charge is -2.23. The van der Waals surface area contributed by atoms with Gasteiger partial charge in [-0.15, -0.1) is 12.4 Å². The first-order chi connectivity index (χ1) is 7.25. The highest BCUT2D eigenvalue weighted by atomic mass is 35.5. The van der Waals surface area contributed by atoms with Gasteiger partial charge in [0.1, 0.15) is 5.82 Å². The molecule has 0 amide bonds. The van der Waals surface area contributed by atoms with Crippen molar-refractivity contribution in [3.05, 3.63) is 34.5 Å². The van der Waals surface area contributed by atoms with Gasteiger partial charge in [0.25, 0.3) is 5.56 Å². The first-order valence-corrected chi connectivity index (χ1v) is 5.32. The number of pyridine rings is 1. The van der Waals surface area contributed by atoms with Gasteiger partial charge < -0.3 is 9.88 Å². The highest BCUT2D eigenvalue weighted by Gasteiger charge is 2.13. The lowest BCUT2D eigenvalue weighted by molar-refractivity contribution is 0.329. The average Bonchev–Trinajstić information content (AvgIpc) is 2.24. The number of rotatable bonds is 2. The molecule has 90 valence electrons. The van der Waals surface area contributed by atoms with E-state index in [4.69, 9.17) is 0 Å². The SMILES string of the molecule is Cl.O=c1cc(F)ccn1CC1CCNCC1. The highest BCUT2D eigenvalue weighted by molar-refractivity contribution is 5.85. The molecule has 1 saturated heterocycles. The predicted octanol–water partition coefficient (Wildman–Crippen LogP) is 1.41. The summed E-state index contributed by atoms with van der Waals surface area (Å²) in [5, 5.41) is 3.28. The molecule has 2 heterocycles. The van der Waals surface area contributed by atoms with Crippen LogP contribution >= 0.6 is 12.4 Å². The Morgan fingerprint density at radius 3 is 2.75 bits per heavy atom. The molecule has 5 heteroatoms. The van der Waals surface area contributed by atoms with Crippen LogP contribution in [0.5, 0.6) is 0 Å². The van der Waals surface area contributed by atoms with Crippen molar-refractivity contribution >= 4 is 12.4 Å². The van der Waals surface area contributed by atoms with E-state index in [1.165, 1.54) is 6.07 Å². The van der Waals surface area contributed by atoms with Gasteiger partial charge in [0.15, 0.2) is 0 Å². The summed E-state index contributed by atoms with van der Waals surface area (Å²) in [6.07, 6.45) is 3.72. The van der Waals surface area contributed by atoms with E-state index in [1.54, 1.807) is 10.8 Å². The van der Waals surface area contributed by atoms with Gasteiger partial charge in [-0.05, 0) is 37.9 Å². The molecule has 0 saturated carbocycles. The van der Waals surface area contributed by atoms with Crippen molar-refractivity contribution in [3.8, 4) is 0 Å². The summed E-state index contributed by atoms with van der Waals surface area (Å²) in [6.45, 7) is 2.74. The van der Waals surface area contributed by atoms with Crippen LogP contribution in [-0.4, -0.2) is 17.7 Å². The lowest BCUT2D eigenvalue weighted by atomic mass is 9.98. The number of hydrogen-bond donors (Lipinski definition) is 1. The Morgan fingerprint density at radius 2 is 2.12 bits per heavy atom. The summed E-state index contributed by atoms with van der Waals surface area (Å²) in [5.74, 6) is 0.0796. The quantitative estimate of drug-likeness (QED) is 0.856. The molecule has 0 spiro atoms. The summed E-state index contributed by atoms with van der Waals surface area (Å²) < 4.78 is 14.3. The summed E-state index contributed by atoms with van der Waals surface area (Å²) in [5.41, 5.74) is -0.242. The second kappa shape index (κ2) is 6.01. The molecule has 1 aromatic heterocycles. The molecule has 3 nitrogen and oxygen atoms in total. The van der Waals surface area contributed by atoms with Crippen LogP contribution in [-0.2, 0) is 6.54 Å². The van der Waals surface area contributed by atoms with Crippen molar-refractivity contribution in [1.29, 1.82) is 0 Å². The minimum atomic E-state index is -0.457. The molecule has 0 bridgehead atoms. The van der Waals surface area contributed by atoms with Crippen molar-refractivity contribution in [2.24, 2.45) is 5.92 Å². The second-order valence-corrected chi connectivity index (χ2v) is 4.03. The maximum absolute atomic E-state index is 12.7.